The van der Waals surface area contributed by atoms with Crippen LogP contribution < -0.4 is 15.4 Å². The first kappa shape index (κ1) is 21.1. The van der Waals surface area contributed by atoms with E-state index in [1.165, 1.54) is 12.1 Å². The number of ether oxygens (including phenoxy) is 1. The number of anilines is 2. The van der Waals surface area contributed by atoms with Crippen LogP contribution in [0.5, 0.6) is 11.5 Å². The predicted octanol–water partition coefficient (Wildman–Crippen LogP) is 5.91. The first-order valence-corrected chi connectivity index (χ1v) is 11.1. The number of halogens is 1. The van der Waals surface area contributed by atoms with Crippen molar-refractivity contribution < 1.29 is 19.0 Å². The molecule has 0 bridgehead atoms. The molecule has 0 aromatic heterocycles. The van der Waals surface area contributed by atoms with Gasteiger partial charge in [0, 0.05) is 17.7 Å². The maximum absolute atomic E-state index is 13.6. The lowest BCUT2D eigenvalue weighted by Crippen LogP contribution is -2.26. The fraction of sp³-hybridized carbons (Fsp3) is 0.222. The minimum Gasteiger partial charge on any atom is -0.504 e. The molecule has 1 aliphatic carbocycles. The summed E-state index contributed by atoms with van der Waals surface area (Å²) in [7, 11) is 0. The smallest absolute Gasteiger partial charge is 0.163 e. The summed E-state index contributed by atoms with van der Waals surface area (Å²) in [6.45, 7) is 2.28. The largest absolute Gasteiger partial charge is 0.504 e. The zero-order valence-electron chi connectivity index (χ0n) is 18.3. The maximum atomic E-state index is 13.6. The van der Waals surface area contributed by atoms with Crippen LogP contribution in [0.25, 0.3) is 0 Å². The number of hydrogen-bond donors (Lipinski definition) is 3. The number of phenols is 1. The molecule has 0 spiro atoms. The fourth-order valence-corrected chi connectivity index (χ4v) is 4.69. The number of para-hydroxylation sites is 2. The summed E-state index contributed by atoms with van der Waals surface area (Å²) in [5, 5.41) is 17.2. The number of phenolic OH excluding ortho intramolecular Hbond substituents is 1. The van der Waals surface area contributed by atoms with Crippen LogP contribution in [0.2, 0.25) is 0 Å². The van der Waals surface area contributed by atoms with Crippen molar-refractivity contribution >= 4 is 17.2 Å². The molecule has 3 aromatic rings. The molecule has 1 heterocycles. The van der Waals surface area contributed by atoms with E-state index in [9.17, 15) is 14.3 Å². The van der Waals surface area contributed by atoms with Crippen LogP contribution in [0.1, 0.15) is 42.9 Å². The quantitative estimate of drug-likeness (QED) is 0.467. The fourth-order valence-electron chi connectivity index (χ4n) is 4.69. The molecule has 3 aromatic carbocycles. The van der Waals surface area contributed by atoms with Crippen LogP contribution in [0.4, 0.5) is 15.8 Å². The Morgan fingerprint density at radius 3 is 2.48 bits per heavy atom. The maximum Gasteiger partial charge on any atom is 0.163 e. The number of carbonyl (C=O) groups is 1. The van der Waals surface area contributed by atoms with E-state index >= 15 is 0 Å². The van der Waals surface area contributed by atoms with E-state index < -0.39 is 6.04 Å². The number of ketones is 1. The Labute approximate surface area is 191 Å². The van der Waals surface area contributed by atoms with Crippen molar-refractivity contribution in [3.8, 4) is 11.5 Å². The number of carbonyl (C=O) groups excluding carboxylic acids is 1. The van der Waals surface area contributed by atoms with Crippen molar-refractivity contribution in [3.05, 3.63) is 94.9 Å². The molecule has 0 saturated heterocycles. The van der Waals surface area contributed by atoms with Crippen LogP contribution >= 0.6 is 0 Å². The Morgan fingerprint density at radius 2 is 1.73 bits per heavy atom. The van der Waals surface area contributed by atoms with Crippen LogP contribution in [-0.2, 0) is 4.79 Å². The summed E-state index contributed by atoms with van der Waals surface area (Å²) >= 11 is 0. The minimum atomic E-state index is -0.405. The van der Waals surface area contributed by atoms with Gasteiger partial charge in [0.25, 0.3) is 0 Å². The Balaban J connectivity index is 1.60. The number of allylic oxidation sites excluding steroid dienone is 1. The van der Waals surface area contributed by atoms with Gasteiger partial charge in [0.05, 0.1) is 24.0 Å². The zero-order valence-corrected chi connectivity index (χ0v) is 18.3. The molecule has 2 atom stereocenters. The number of nitrogens with one attached hydrogen (secondary N) is 2. The second-order valence-corrected chi connectivity index (χ2v) is 8.38. The molecule has 0 fully saturated rings. The number of rotatable bonds is 4. The van der Waals surface area contributed by atoms with E-state index in [1.807, 2.05) is 37.3 Å². The lowest BCUT2D eigenvalue weighted by Gasteiger charge is -2.30. The van der Waals surface area contributed by atoms with Crippen molar-refractivity contribution in [2.24, 2.45) is 0 Å². The van der Waals surface area contributed by atoms with Gasteiger partial charge in [-0.25, -0.2) is 4.39 Å². The van der Waals surface area contributed by atoms with E-state index in [1.54, 1.807) is 24.3 Å². The van der Waals surface area contributed by atoms with E-state index in [4.69, 9.17) is 4.74 Å². The number of aromatic hydroxyl groups is 1. The highest BCUT2D eigenvalue weighted by atomic mass is 19.1. The number of Topliss-reactive ketones (excluding diaryl/α,β-unsaturated/α-hetero) is 1. The first-order valence-electron chi connectivity index (χ1n) is 11.1. The molecular formula is C27H25FN2O3. The van der Waals surface area contributed by atoms with Gasteiger partial charge in [-0.15, -0.1) is 0 Å². The van der Waals surface area contributed by atoms with Gasteiger partial charge in [0.15, 0.2) is 17.3 Å². The molecule has 33 heavy (non-hydrogen) atoms. The second-order valence-electron chi connectivity index (χ2n) is 8.38. The summed E-state index contributed by atoms with van der Waals surface area (Å²) in [5.41, 5.74) is 5.09. The Morgan fingerprint density at radius 1 is 1.00 bits per heavy atom. The van der Waals surface area contributed by atoms with Crippen LogP contribution in [-0.4, -0.2) is 17.5 Å². The molecule has 6 heteroatoms. The molecule has 5 nitrogen and oxygen atoms in total. The summed E-state index contributed by atoms with van der Waals surface area (Å²) in [4.78, 5) is 13.6. The van der Waals surface area contributed by atoms with Crippen molar-refractivity contribution in [2.75, 3.05) is 17.2 Å². The van der Waals surface area contributed by atoms with Gasteiger partial charge < -0.3 is 20.5 Å². The van der Waals surface area contributed by atoms with E-state index in [2.05, 4.69) is 10.6 Å². The normalized spacial score (nSPS) is 19.6. The summed E-state index contributed by atoms with van der Waals surface area (Å²) in [5.74, 6) is 0.165. The molecule has 3 N–H and O–H groups in total. The van der Waals surface area contributed by atoms with Crippen LogP contribution in [0.15, 0.2) is 78.0 Å². The molecule has 1 aliphatic heterocycles. The molecule has 0 amide bonds. The van der Waals surface area contributed by atoms with Gasteiger partial charge in [0.1, 0.15) is 5.82 Å². The van der Waals surface area contributed by atoms with Crippen molar-refractivity contribution in [1.29, 1.82) is 0 Å². The lowest BCUT2D eigenvalue weighted by molar-refractivity contribution is -0.116. The molecule has 168 valence electrons. The highest BCUT2D eigenvalue weighted by Gasteiger charge is 2.36. The third-order valence-corrected chi connectivity index (χ3v) is 6.27. The van der Waals surface area contributed by atoms with Gasteiger partial charge in [-0.1, -0.05) is 30.3 Å². The molecule has 0 saturated carbocycles. The van der Waals surface area contributed by atoms with E-state index in [0.29, 0.717) is 30.8 Å². The number of fused-ring (bicyclic) bond motifs is 1. The zero-order chi connectivity index (χ0) is 22.9. The topological polar surface area (TPSA) is 70.6 Å². The summed E-state index contributed by atoms with van der Waals surface area (Å²) < 4.78 is 19.0. The molecule has 5 rings (SSSR count). The van der Waals surface area contributed by atoms with Gasteiger partial charge in [-0.2, -0.15) is 0 Å². The van der Waals surface area contributed by atoms with Crippen LogP contribution in [0.3, 0.4) is 0 Å². The minimum absolute atomic E-state index is 0.0333. The first-order chi connectivity index (χ1) is 16.0. The molecule has 2 aliphatic rings. The lowest BCUT2D eigenvalue weighted by atomic mass is 9.78. The SMILES string of the molecule is CCOc1cc(C2Nc3ccccc3NC3=C2C(=O)CC(c2ccc(F)cc2)C3)ccc1O. The highest BCUT2D eigenvalue weighted by Crippen LogP contribution is 2.45. The summed E-state index contributed by atoms with van der Waals surface area (Å²) in [6.07, 6.45) is 0.979. The van der Waals surface area contributed by atoms with Crippen LogP contribution in [0, 0.1) is 5.82 Å². The van der Waals surface area contributed by atoms with Gasteiger partial charge in [-0.05, 0) is 66.8 Å². The van der Waals surface area contributed by atoms with Gasteiger partial charge in [-0.3, -0.25) is 4.79 Å². The third kappa shape index (κ3) is 4.04. The van der Waals surface area contributed by atoms with E-state index in [-0.39, 0.29) is 23.3 Å². The second kappa shape index (κ2) is 8.62. The Kier molecular flexibility index (Phi) is 5.50. The van der Waals surface area contributed by atoms with E-state index in [0.717, 1.165) is 28.2 Å². The van der Waals surface area contributed by atoms with Crippen molar-refractivity contribution in [2.45, 2.75) is 31.7 Å². The average Bonchev–Trinajstić information content (AvgIpc) is 2.98. The Bertz CT molecular complexity index is 1240. The van der Waals surface area contributed by atoms with Crippen molar-refractivity contribution in [3.63, 3.8) is 0 Å². The third-order valence-electron chi connectivity index (χ3n) is 6.27. The molecular weight excluding hydrogens is 419 g/mol. The average molecular weight is 445 g/mol. The number of benzene rings is 3. The highest BCUT2D eigenvalue weighted by molar-refractivity contribution is 6.01. The standard InChI is InChI=1S/C27H25FN2O3/c1-2-33-25-15-17(9-12-23(25)31)27-26-22(29-20-5-3-4-6-21(20)30-27)13-18(14-24(26)32)16-7-10-19(28)11-8-16/h3-12,15,18,27,29-31H,2,13-14H2,1H3. The van der Waals surface area contributed by atoms with Crippen molar-refractivity contribution in [1.82, 2.24) is 0 Å². The number of hydrogen-bond acceptors (Lipinski definition) is 5. The van der Waals surface area contributed by atoms with Gasteiger partial charge >= 0.3 is 0 Å². The Hall–Kier alpha value is -3.80. The molecule has 0 radical (unpaired) electrons. The predicted molar refractivity (Wildman–Crippen MR) is 126 cm³/mol. The molecule has 2 unspecified atom stereocenters. The monoisotopic (exact) mass is 444 g/mol. The summed E-state index contributed by atoms with van der Waals surface area (Å²) in [6, 6.07) is 19.0. The van der Waals surface area contributed by atoms with Gasteiger partial charge in [0.2, 0.25) is 0 Å².